The van der Waals surface area contributed by atoms with Crippen molar-refractivity contribution in [2.24, 2.45) is 0 Å². The summed E-state index contributed by atoms with van der Waals surface area (Å²) in [6.45, 7) is 2.32. The Hall–Kier alpha value is -4.00. The lowest BCUT2D eigenvalue weighted by Gasteiger charge is -2.21. The number of pyridine rings is 1. The number of alkyl halides is 3. The minimum Gasteiger partial charge on any atom is -0.483 e. The van der Waals surface area contributed by atoms with Crippen molar-refractivity contribution in [2.45, 2.75) is 26.6 Å². The molecule has 0 aliphatic rings. The molecule has 13 heteroatoms. The van der Waals surface area contributed by atoms with Crippen molar-refractivity contribution >= 4 is 21.9 Å². The molecule has 0 aliphatic carbocycles. The second-order valence-electron chi connectivity index (χ2n) is 8.05. The van der Waals surface area contributed by atoms with E-state index in [1.165, 1.54) is 13.1 Å². The molecule has 2 heterocycles. The molecule has 0 fully saturated rings. The molecule has 0 saturated heterocycles. The maximum Gasteiger partial charge on any atom is 0.491 e. The van der Waals surface area contributed by atoms with Crippen molar-refractivity contribution < 1.29 is 36.2 Å². The number of hydrogen-bond acceptors (Lipinski definition) is 5. The Bertz CT molecular complexity index is 1580. The molecule has 1 N–H and O–H groups in total. The number of esters is 1. The van der Waals surface area contributed by atoms with Crippen LogP contribution in [0.4, 0.5) is 22.0 Å². The van der Waals surface area contributed by atoms with Gasteiger partial charge >= 0.3 is 12.1 Å². The molecule has 0 aliphatic heterocycles. The molecule has 7 nitrogen and oxygen atoms in total. The van der Waals surface area contributed by atoms with E-state index in [0.29, 0.717) is 23.0 Å². The van der Waals surface area contributed by atoms with Crippen LogP contribution in [0.25, 0.3) is 17.1 Å². The van der Waals surface area contributed by atoms with E-state index in [9.17, 15) is 31.5 Å². The highest BCUT2D eigenvalue weighted by atomic mass is 79.9. The summed E-state index contributed by atoms with van der Waals surface area (Å²) in [4.78, 5) is 32.3. The lowest BCUT2D eigenvalue weighted by Crippen LogP contribution is -2.30. The van der Waals surface area contributed by atoms with Gasteiger partial charge in [-0.25, -0.2) is 18.6 Å². The quantitative estimate of drug-likeness (QED) is 0.220. The molecule has 0 bridgehead atoms. The van der Waals surface area contributed by atoms with Crippen LogP contribution in [-0.4, -0.2) is 26.7 Å². The second kappa shape index (κ2) is 10.4. The number of carbonyl (C=O) groups is 1. The van der Waals surface area contributed by atoms with Crippen LogP contribution >= 0.6 is 15.9 Å². The van der Waals surface area contributed by atoms with Gasteiger partial charge in [-0.15, -0.1) is 0 Å². The summed E-state index contributed by atoms with van der Waals surface area (Å²) >= 11 is 3.04. The Morgan fingerprint density at radius 1 is 1.11 bits per heavy atom. The number of aromatic nitrogens is 3. The molecule has 0 amide bonds. The molecular weight excluding hydrogens is 581 g/mol. The van der Waals surface area contributed by atoms with Crippen LogP contribution < -0.4 is 15.0 Å². The highest BCUT2D eigenvalue weighted by Crippen LogP contribution is 2.39. The van der Waals surface area contributed by atoms with Crippen molar-refractivity contribution in [1.29, 1.82) is 0 Å². The molecule has 4 aromatic rings. The summed E-state index contributed by atoms with van der Waals surface area (Å²) in [6.07, 6.45) is -2.25. The van der Waals surface area contributed by atoms with E-state index in [0.717, 1.165) is 16.7 Å². The third-order valence-electron chi connectivity index (χ3n) is 5.50. The third-order valence-corrected chi connectivity index (χ3v) is 6.19. The van der Waals surface area contributed by atoms with E-state index < -0.39 is 51.9 Å². The van der Waals surface area contributed by atoms with Crippen molar-refractivity contribution in [3.8, 4) is 28.6 Å². The van der Waals surface area contributed by atoms with E-state index in [-0.39, 0.29) is 16.9 Å². The maximum absolute atomic E-state index is 14.1. The van der Waals surface area contributed by atoms with Crippen LogP contribution in [0.15, 0.2) is 58.1 Å². The first-order valence-corrected chi connectivity index (χ1v) is 11.6. The summed E-state index contributed by atoms with van der Waals surface area (Å²) in [5, 5.41) is 0. The highest BCUT2D eigenvalue weighted by Gasteiger charge is 2.42. The first-order chi connectivity index (χ1) is 17.9. The predicted octanol–water partition coefficient (Wildman–Crippen LogP) is 5.93. The molecule has 0 atom stereocenters. The molecule has 0 radical (unpaired) electrons. The number of nitrogens with one attached hydrogen (secondary N) is 1. The van der Waals surface area contributed by atoms with Gasteiger partial charge in [0.2, 0.25) is 0 Å². The zero-order valence-corrected chi connectivity index (χ0v) is 21.2. The van der Waals surface area contributed by atoms with Gasteiger partial charge in [0.05, 0.1) is 11.4 Å². The van der Waals surface area contributed by atoms with Gasteiger partial charge < -0.3 is 14.5 Å². The SMILES string of the molecule is Cc1ccc(-c2ncc[nH]2)cc1-n1c(C)c(OC(=O)C(F)(F)F)c(OCc2ccc(F)cc2F)c(Br)c1=O. The van der Waals surface area contributed by atoms with Gasteiger partial charge in [-0.05, 0) is 53.5 Å². The van der Waals surface area contributed by atoms with E-state index in [2.05, 4.69) is 30.6 Å². The molecule has 0 unspecified atom stereocenters. The fourth-order valence-corrected chi connectivity index (χ4v) is 4.08. The minimum atomic E-state index is -5.37. The van der Waals surface area contributed by atoms with Crippen LogP contribution in [0.3, 0.4) is 0 Å². The molecule has 0 spiro atoms. The van der Waals surface area contributed by atoms with Crippen molar-refractivity contribution in [3.05, 3.63) is 92.1 Å². The third kappa shape index (κ3) is 5.32. The van der Waals surface area contributed by atoms with Crippen LogP contribution in [0.2, 0.25) is 0 Å². The highest BCUT2D eigenvalue weighted by molar-refractivity contribution is 9.10. The number of carbonyl (C=O) groups excluding carboxylic acids is 1. The summed E-state index contributed by atoms with van der Waals surface area (Å²) in [5.41, 5.74) is 0.276. The Morgan fingerprint density at radius 3 is 2.47 bits per heavy atom. The van der Waals surface area contributed by atoms with E-state index in [1.54, 1.807) is 31.3 Å². The number of benzene rings is 2. The Kier molecular flexibility index (Phi) is 7.40. The van der Waals surface area contributed by atoms with Crippen LogP contribution in [0.1, 0.15) is 16.8 Å². The minimum absolute atomic E-state index is 0.157. The average Bonchev–Trinajstić information content (AvgIpc) is 3.39. The van der Waals surface area contributed by atoms with Gasteiger partial charge in [-0.2, -0.15) is 13.2 Å². The zero-order chi connectivity index (χ0) is 27.8. The Labute approximate surface area is 220 Å². The van der Waals surface area contributed by atoms with Crippen LogP contribution in [0, 0.1) is 25.5 Å². The first-order valence-electron chi connectivity index (χ1n) is 10.8. The summed E-state index contributed by atoms with van der Waals surface area (Å²) < 4.78 is 77.6. The molecule has 198 valence electrons. The van der Waals surface area contributed by atoms with Gasteiger partial charge in [0.25, 0.3) is 5.56 Å². The fraction of sp³-hybridized carbons (Fsp3) is 0.160. The normalized spacial score (nSPS) is 11.5. The van der Waals surface area contributed by atoms with E-state index in [1.807, 2.05) is 0 Å². The number of imidazole rings is 1. The molecule has 38 heavy (non-hydrogen) atoms. The number of ether oxygens (including phenoxy) is 2. The van der Waals surface area contributed by atoms with Crippen molar-refractivity contribution in [1.82, 2.24) is 14.5 Å². The van der Waals surface area contributed by atoms with E-state index in [4.69, 9.17) is 4.74 Å². The molecule has 0 saturated carbocycles. The number of hydrogen-bond donors (Lipinski definition) is 1. The lowest BCUT2D eigenvalue weighted by atomic mass is 10.1. The topological polar surface area (TPSA) is 86.2 Å². The number of aromatic amines is 1. The Balaban J connectivity index is 1.89. The van der Waals surface area contributed by atoms with Gasteiger partial charge in [0, 0.05) is 29.6 Å². The summed E-state index contributed by atoms with van der Waals surface area (Å²) in [6, 6.07) is 7.61. The second-order valence-corrected chi connectivity index (χ2v) is 8.84. The largest absolute Gasteiger partial charge is 0.491 e. The number of rotatable bonds is 6. The van der Waals surface area contributed by atoms with Crippen molar-refractivity contribution in [3.63, 3.8) is 0 Å². The lowest BCUT2D eigenvalue weighted by molar-refractivity contribution is -0.189. The Morgan fingerprint density at radius 2 is 1.84 bits per heavy atom. The monoisotopic (exact) mass is 597 g/mol. The first kappa shape index (κ1) is 27.0. The number of H-pyrrole nitrogens is 1. The average molecular weight is 598 g/mol. The predicted molar refractivity (Wildman–Crippen MR) is 129 cm³/mol. The molecular formula is C25H17BrF5N3O4. The number of aryl methyl sites for hydroxylation is 1. The zero-order valence-electron chi connectivity index (χ0n) is 19.6. The number of halogens is 6. The van der Waals surface area contributed by atoms with E-state index >= 15 is 0 Å². The fourth-order valence-electron chi connectivity index (χ4n) is 3.61. The summed E-state index contributed by atoms with van der Waals surface area (Å²) in [5.74, 6) is -5.20. The summed E-state index contributed by atoms with van der Waals surface area (Å²) in [7, 11) is 0. The molecule has 2 aromatic heterocycles. The van der Waals surface area contributed by atoms with Crippen LogP contribution in [-0.2, 0) is 11.4 Å². The van der Waals surface area contributed by atoms with Gasteiger partial charge in [0.15, 0.2) is 11.5 Å². The van der Waals surface area contributed by atoms with Crippen molar-refractivity contribution in [2.75, 3.05) is 0 Å². The van der Waals surface area contributed by atoms with Gasteiger partial charge in [-0.1, -0.05) is 12.1 Å². The maximum atomic E-state index is 14.1. The van der Waals surface area contributed by atoms with Gasteiger partial charge in [0.1, 0.15) is 28.5 Å². The standard InChI is InChI=1S/C25H17BrF5N3O4/c1-12-3-4-14(22-32-7-8-33-22)9-18(12)34-13(2)20(38-24(36)25(29,30)31)21(19(26)23(34)35)37-11-15-5-6-16(27)10-17(15)28/h3-10H,11H2,1-2H3,(H,32,33). The number of nitrogens with zero attached hydrogens (tertiary/aromatic N) is 2. The molecule has 2 aromatic carbocycles. The smallest absolute Gasteiger partial charge is 0.483 e. The van der Waals surface area contributed by atoms with Crippen LogP contribution in [0.5, 0.6) is 11.5 Å². The van der Waals surface area contributed by atoms with Gasteiger partial charge in [-0.3, -0.25) is 9.36 Å². The molecule has 4 rings (SSSR count).